The number of ether oxygens (including phenoxy) is 1. The molecule has 0 unspecified atom stereocenters. The third-order valence-corrected chi connectivity index (χ3v) is 3.42. The summed E-state index contributed by atoms with van der Waals surface area (Å²) < 4.78 is 9.23. The zero-order chi connectivity index (χ0) is 12.9. The average Bonchev–Trinajstić information content (AvgIpc) is 2.65. The summed E-state index contributed by atoms with van der Waals surface area (Å²) >= 11 is 1.30. The fourth-order valence-electron chi connectivity index (χ4n) is 1.57. The number of rotatable bonds is 7. The molecule has 0 saturated heterocycles. The second-order valence-electron chi connectivity index (χ2n) is 4.78. The molecule has 1 aromatic heterocycles. The highest BCUT2D eigenvalue weighted by molar-refractivity contribution is 7.11. The van der Waals surface area contributed by atoms with Crippen molar-refractivity contribution in [3.8, 4) is 5.75 Å². The van der Waals surface area contributed by atoms with Gasteiger partial charge in [-0.3, -0.25) is 0 Å². The van der Waals surface area contributed by atoms with E-state index in [1.165, 1.54) is 11.5 Å². The van der Waals surface area contributed by atoms with Gasteiger partial charge >= 0.3 is 0 Å². The predicted octanol–water partition coefficient (Wildman–Crippen LogP) is 1.94. The van der Waals surface area contributed by atoms with E-state index in [2.05, 4.69) is 23.5 Å². The summed E-state index contributed by atoms with van der Waals surface area (Å²) in [6.07, 6.45) is 1.78. The topological polar surface area (TPSA) is 80.4 Å². The van der Waals surface area contributed by atoms with Gasteiger partial charge in [0.15, 0.2) is 16.6 Å². The molecule has 1 heterocycles. The molecule has 1 aromatic rings. The largest absolute Gasteiger partial charge is 0.490 e. The van der Waals surface area contributed by atoms with E-state index in [9.17, 15) is 0 Å². The number of methoxy groups -OCH3 is 1. The molecule has 17 heavy (non-hydrogen) atoms. The van der Waals surface area contributed by atoms with Crippen LogP contribution in [0.4, 0.5) is 10.8 Å². The van der Waals surface area contributed by atoms with Crippen molar-refractivity contribution >= 4 is 22.4 Å². The molecule has 0 bridgehead atoms. The summed E-state index contributed by atoms with van der Waals surface area (Å²) in [6, 6.07) is 0. The van der Waals surface area contributed by atoms with E-state index in [-0.39, 0.29) is 12.0 Å². The van der Waals surface area contributed by atoms with Gasteiger partial charge in [-0.1, -0.05) is 13.8 Å². The first kappa shape index (κ1) is 14.1. The number of nitrogen functional groups attached to an aromatic ring is 1. The van der Waals surface area contributed by atoms with Crippen LogP contribution in [0.1, 0.15) is 26.7 Å². The molecular weight excluding hydrogens is 238 g/mol. The quantitative estimate of drug-likeness (QED) is 0.697. The SMILES string of the molecule is COc1c(N)nsc1NCC(C)(C)CCCO. The Hall–Kier alpha value is -1.01. The van der Waals surface area contributed by atoms with E-state index in [0.717, 1.165) is 24.4 Å². The van der Waals surface area contributed by atoms with Crippen LogP contribution in [-0.4, -0.2) is 29.7 Å². The van der Waals surface area contributed by atoms with E-state index >= 15 is 0 Å². The van der Waals surface area contributed by atoms with Gasteiger partial charge in [0, 0.05) is 13.2 Å². The first-order valence-electron chi connectivity index (χ1n) is 5.64. The normalized spacial score (nSPS) is 11.5. The Bertz CT molecular complexity index is 352. The lowest BCUT2D eigenvalue weighted by Crippen LogP contribution is -2.23. The number of aromatic nitrogens is 1. The van der Waals surface area contributed by atoms with Gasteiger partial charge in [0.1, 0.15) is 0 Å². The Balaban J connectivity index is 2.54. The van der Waals surface area contributed by atoms with Gasteiger partial charge in [-0.25, -0.2) is 0 Å². The molecule has 1 rings (SSSR count). The molecule has 0 aliphatic carbocycles. The predicted molar refractivity (Wildman–Crippen MR) is 71.7 cm³/mol. The standard InChI is InChI=1S/C11H21N3O2S/c1-11(2,5-4-6-15)7-13-10-8(16-3)9(12)14-17-10/h13,15H,4-7H2,1-3H3,(H2,12,14). The lowest BCUT2D eigenvalue weighted by atomic mass is 9.88. The molecule has 0 aromatic carbocycles. The Morgan fingerprint density at radius 3 is 2.82 bits per heavy atom. The summed E-state index contributed by atoms with van der Waals surface area (Å²) in [4.78, 5) is 0. The van der Waals surface area contributed by atoms with Crippen LogP contribution >= 0.6 is 11.5 Å². The summed E-state index contributed by atoms with van der Waals surface area (Å²) in [6.45, 7) is 5.35. The lowest BCUT2D eigenvalue weighted by Gasteiger charge is -2.24. The third-order valence-electron chi connectivity index (χ3n) is 2.62. The maximum Gasteiger partial charge on any atom is 0.197 e. The number of aliphatic hydroxyl groups is 1. The van der Waals surface area contributed by atoms with Crippen LogP contribution in [0.25, 0.3) is 0 Å². The van der Waals surface area contributed by atoms with Crippen LogP contribution < -0.4 is 15.8 Å². The number of nitrogens with one attached hydrogen (secondary N) is 1. The maximum atomic E-state index is 8.84. The highest BCUT2D eigenvalue weighted by Gasteiger charge is 2.19. The van der Waals surface area contributed by atoms with E-state index in [0.29, 0.717) is 11.6 Å². The number of nitrogens with zero attached hydrogens (tertiary/aromatic N) is 1. The zero-order valence-corrected chi connectivity index (χ0v) is 11.4. The molecule has 98 valence electrons. The van der Waals surface area contributed by atoms with E-state index in [1.807, 2.05) is 0 Å². The van der Waals surface area contributed by atoms with Crippen LogP contribution in [-0.2, 0) is 0 Å². The number of hydrogen-bond donors (Lipinski definition) is 3. The number of anilines is 2. The molecule has 0 atom stereocenters. The van der Waals surface area contributed by atoms with Gasteiger partial charge in [-0.05, 0) is 29.8 Å². The number of hydrogen-bond acceptors (Lipinski definition) is 6. The van der Waals surface area contributed by atoms with Gasteiger partial charge in [0.2, 0.25) is 0 Å². The zero-order valence-electron chi connectivity index (χ0n) is 10.6. The minimum atomic E-state index is 0.118. The second kappa shape index (κ2) is 6.07. The van der Waals surface area contributed by atoms with Crippen molar-refractivity contribution < 1.29 is 9.84 Å². The van der Waals surface area contributed by atoms with Crippen molar-refractivity contribution in [2.75, 3.05) is 31.3 Å². The molecule has 0 spiro atoms. The fourth-order valence-corrected chi connectivity index (χ4v) is 2.25. The smallest absolute Gasteiger partial charge is 0.197 e. The second-order valence-corrected chi connectivity index (χ2v) is 5.55. The van der Waals surface area contributed by atoms with Crippen molar-refractivity contribution in [3.63, 3.8) is 0 Å². The summed E-state index contributed by atoms with van der Waals surface area (Å²) in [7, 11) is 1.59. The van der Waals surface area contributed by atoms with Crippen LogP contribution in [0, 0.1) is 5.41 Å². The number of nitrogens with two attached hydrogens (primary N) is 1. The van der Waals surface area contributed by atoms with Gasteiger partial charge in [-0.2, -0.15) is 4.37 Å². The molecule has 0 aliphatic heterocycles. The Kier molecular flexibility index (Phi) is 5.02. The van der Waals surface area contributed by atoms with Crippen LogP contribution in [0.2, 0.25) is 0 Å². The molecular formula is C11H21N3O2S. The summed E-state index contributed by atoms with van der Waals surface area (Å²) in [5.41, 5.74) is 5.79. The maximum absolute atomic E-state index is 8.84. The minimum Gasteiger partial charge on any atom is -0.490 e. The summed E-state index contributed by atoms with van der Waals surface area (Å²) in [5, 5.41) is 13.0. The first-order valence-corrected chi connectivity index (χ1v) is 6.41. The van der Waals surface area contributed by atoms with E-state index in [4.69, 9.17) is 15.6 Å². The molecule has 0 radical (unpaired) electrons. The Morgan fingerprint density at radius 1 is 1.53 bits per heavy atom. The van der Waals surface area contributed by atoms with Crippen LogP contribution in [0.3, 0.4) is 0 Å². The van der Waals surface area contributed by atoms with Crippen LogP contribution in [0.15, 0.2) is 0 Å². The van der Waals surface area contributed by atoms with Crippen molar-refractivity contribution in [1.82, 2.24) is 4.37 Å². The van der Waals surface area contributed by atoms with Crippen molar-refractivity contribution in [1.29, 1.82) is 0 Å². The lowest BCUT2D eigenvalue weighted by molar-refractivity contribution is 0.248. The molecule has 4 N–H and O–H groups in total. The first-order chi connectivity index (χ1) is 8.00. The van der Waals surface area contributed by atoms with E-state index < -0.39 is 0 Å². The minimum absolute atomic E-state index is 0.118. The molecule has 5 nitrogen and oxygen atoms in total. The van der Waals surface area contributed by atoms with Gasteiger partial charge in [0.25, 0.3) is 0 Å². The molecule has 0 saturated carbocycles. The molecule has 0 fully saturated rings. The third kappa shape index (κ3) is 4.05. The van der Waals surface area contributed by atoms with Gasteiger partial charge in [0.05, 0.1) is 7.11 Å². The average molecular weight is 259 g/mol. The van der Waals surface area contributed by atoms with Crippen molar-refractivity contribution in [2.45, 2.75) is 26.7 Å². The summed E-state index contributed by atoms with van der Waals surface area (Å²) in [5.74, 6) is 1.04. The number of aliphatic hydroxyl groups excluding tert-OH is 1. The Labute approximate surface area is 106 Å². The van der Waals surface area contributed by atoms with Crippen LogP contribution in [0.5, 0.6) is 5.75 Å². The van der Waals surface area contributed by atoms with E-state index in [1.54, 1.807) is 7.11 Å². The molecule has 6 heteroatoms. The van der Waals surface area contributed by atoms with Crippen molar-refractivity contribution in [3.05, 3.63) is 0 Å². The highest BCUT2D eigenvalue weighted by atomic mass is 32.1. The molecule has 0 aliphatic rings. The monoisotopic (exact) mass is 259 g/mol. The van der Waals surface area contributed by atoms with Crippen molar-refractivity contribution in [2.24, 2.45) is 5.41 Å². The fraction of sp³-hybridized carbons (Fsp3) is 0.727. The highest BCUT2D eigenvalue weighted by Crippen LogP contribution is 2.35. The molecule has 0 amide bonds. The van der Waals surface area contributed by atoms with Gasteiger partial charge in [-0.15, -0.1) is 0 Å². The van der Waals surface area contributed by atoms with Gasteiger partial charge < -0.3 is 20.9 Å². The Morgan fingerprint density at radius 2 is 2.24 bits per heavy atom.